The second-order valence-corrected chi connectivity index (χ2v) is 10.1. The molecule has 3 atom stereocenters. The van der Waals surface area contributed by atoms with Gasteiger partial charge in [-0.25, -0.2) is 8.42 Å². The number of hydrogen-bond acceptors (Lipinski definition) is 7. The molecule has 0 bridgehead atoms. The molecule has 2 saturated heterocycles. The Morgan fingerprint density at radius 3 is 2.56 bits per heavy atom. The van der Waals surface area contributed by atoms with Crippen molar-refractivity contribution in [2.24, 2.45) is 5.92 Å². The maximum atomic E-state index is 13.6. The highest BCUT2D eigenvalue weighted by atomic mass is 32.2. The number of nitro benzene ring substituents is 1. The molecular formula is C19H25FN4O7S. The fraction of sp³-hybridized carbons (Fsp3) is 0.579. The van der Waals surface area contributed by atoms with Crippen LogP contribution in [0.25, 0.3) is 0 Å². The van der Waals surface area contributed by atoms with E-state index in [1.54, 1.807) is 13.8 Å². The van der Waals surface area contributed by atoms with Gasteiger partial charge in [0.2, 0.25) is 27.7 Å². The molecular weight excluding hydrogens is 447 g/mol. The molecule has 32 heavy (non-hydrogen) atoms. The average molecular weight is 472 g/mol. The lowest BCUT2D eigenvalue weighted by Gasteiger charge is -2.34. The van der Waals surface area contributed by atoms with Crippen molar-refractivity contribution in [1.29, 1.82) is 0 Å². The van der Waals surface area contributed by atoms with Gasteiger partial charge in [0.25, 0.3) is 0 Å². The molecule has 1 aromatic rings. The number of morpholine rings is 1. The Bertz CT molecular complexity index is 1010. The van der Waals surface area contributed by atoms with E-state index in [1.165, 1.54) is 15.3 Å². The average Bonchev–Trinajstić information content (AvgIpc) is 3.09. The number of nitrogens with zero attached hydrogens (tertiary/aromatic N) is 3. The molecule has 11 nitrogen and oxygen atoms in total. The topological polar surface area (TPSA) is 139 Å². The highest BCUT2D eigenvalue weighted by Gasteiger charge is 2.36. The van der Waals surface area contributed by atoms with Crippen LogP contribution in [-0.4, -0.2) is 73.6 Å². The number of rotatable bonds is 7. The van der Waals surface area contributed by atoms with Gasteiger partial charge in [0.15, 0.2) is 0 Å². The molecule has 2 heterocycles. The van der Waals surface area contributed by atoms with Crippen molar-refractivity contribution in [3.8, 4) is 0 Å². The fourth-order valence-corrected chi connectivity index (χ4v) is 5.37. The summed E-state index contributed by atoms with van der Waals surface area (Å²) in [6.07, 6.45) is -0.579. The summed E-state index contributed by atoms with van der Waals surface area (Å²) < 4.78 is 45.5. The number of benzene rings is 1. The summed E-state index contributed by atoms with van der Waals surface area (Å²) in [6.45, 7) is 3.91. The summed E-state index contributed by atoms with van der Waals surface area (Å²) in [4.78, 5) is 36.0. The lowest BCUT2D eigenvalue weighted by molar-refractivity contribution is -0.387. The maximum absolute atomic E-state index is 13.6. The third kappa shape index (κ3) is 5.40. The number of anilines is 1. The molecule has 2 fully saturated rings. The second-order valence-electron chi connectivity index (χ2n) is 7.98. The van der Waals surface area contributed by atoms with Crippen molar-refractivity contribution in [2.45, 2.75) is 32.5 Å². The lowest BCUT2D eigenvalue weighted by atomic mass is 10.1. The number of halogens is 1. The number of ether oxygens (including phenoxy) is 1. The first kappa shape index (κ1) is 24.0. The summed E-state index contributed by atoms with van der Waals surface area (Å²) in [5.74, 6) is -2.98. The lowest BCUT2D eigenvalue weighted by Crippen LogP contribution is -2.50. The minimum absolute atomic E-state index is 0.0430. The van der Waals surface area contributed by atoms with Gasteiger partial charge >= 0.3 is 5.69 Å². The summed E-state index contributed by atoms with van der Waals surface area (Å²) >= 11 is 0. The van der Waals surface area contributed by atoms with Crippen molar-refractivity contribution in [1.82, 2.24) is 9.62 Å². The molecule has 0 aliphatic carbocycles. The molecule has 13 heteroatoms. The zero-order valence-corrected chi connectivity index (χ0v) is 18.5. The SMILES string of the molecule is CC1CN(S(=O)(=O)CCNC(=O)C2CC(=O)N(c3ccc(F)c([N+](=O)[O-])c3)C2)CC(C)O1. The number of carbonyl (C=O) groups is 2. The monoisotopic (exact) mass is 472 g/mol. The van der Waals surface area contributed by atoms with Gasteiger partial charge in [-0.05, 0) is 26.0 Å². The van der Waals surface area contributed by atoms with Crippen molar-refractivity contribution in [2.75, 3.05) is 36.8 Å². The quantitative estimate of drug-likeness (QED) is 0.454. The van der Waals surface area contributed by atoms with E-state index in [0.717, 1.165) is 12.1 Å². The highest BCUT2D eigenvalue weighted by Crippen LogP contribution is 2.29. The summed E-state index contributed by atoms with van der Waals surface area (Å²) in [5.41, 5.74) is -0.642. The number of carbonyl (C=O) groups excluding carboxylic acids is 2. The first-order valence-electron chi connectivity index (χ1n) is 10.1. The number of nitrogens with one attached hydrogen (secondary N) is 1. The van der Waals surface area contributed by atoms with Crippen molar-refractivity contribution >= 4 is 33.2 Å². The fourth-order valence-electron chi connectivity index (χ4n) is 3.88. The van der Waals surface area contributed by atoms with E-state index in [9.17, 15) is 32.5 Å². The normalized spacial score (nSPS) is 24.5. The predicted octanol–water partition coefficient (Wildman–Crippen LogP) is 0.642. The van der Waals surface area contributed by atoms with Crippen LogP contribution in [0, 0.1) is 21.8 Å². The molecule has 3 unspecified atom stereocenters. The molecule has 0 radical (unpaired) electrons. The first-order valence-corrected chi connectivity index (χ1v) is 11.7. The van der Waals surface area contributed by atoms with E-state index in [2.05, 4.69) is 5.32 Å². The van der Waals surface area contributed by atoms with E-state index in [4.69, 9.17) is 4.74 Å². The van der Waals surface area contributed by atoms with Gasteiger partial charge in [-0.15, -0.1) is 0 Å². The zero-order valence-electron chi connectivity index (χ0n) is 17.7. The third-order valence-electron chi connectivity index (χ3n) is 5.37. The predicted molar refractivity (Wildman–Crippen MR) is 112 cm³/mol. The van der Waals surface area contributed by atoms with Crippen LogP contribution in [0.4, 0.5) is 15.8 Å². The smallest absolute Gasteiger partial charge is 0.306 e. The molecule has 1 N–H and O–H groups in total. The van der Waals surface area contributed by atoms with Crippen molar-refractivity contribution in [3.63, 3.8) is 0 Å². The largest absolute Gasteiger partial charge is 0.373 e. The Labute approximate surface area is 184 Å². The van der Waals surface area contributed by atoms with Crippen LogP contribution in [0.5, 0.6) is 0 Å². The number of hydrogen-bond donors (Lipinski definition) is 1. The van der Waals surface area contributed by atoms with Gasteiger partial charge in [-0.2, -0.15) is 8.70 Å². The van der Waals surface area contributed by atoms with Crippen molar-refractivity contribution < 1.29 is 32.1 Å². The molecule has 0 spiro atoms. The van der Waals surface area contributed by atoms with Crippen LogP contribution in [0.15, 0.2) is 18.2 Å². The van der Waals surface area contributed by atoms with E-state index in [-0.39, 0.29) is 56.2 Å². The molecule has 1 aromatic carbocycles. The maximum Gasteiger partial charge on any atom is 0.306 e. The second kappa shape index (κ2) is 9.46. The molecule has 2 aliphatic heterocycles. The van der Waals surface area contributed by atoms with Crippen LogP contribution < -0.4 is 10.2 Å². The van der Waals surface area contributed by atoms with Gasteiger partial charge in [-0.1, -0.05) is 0 Å². The number of amides is 2. The van der Waals surface area contributed by atoms with Gasteiger partial charge < -0.3 is 15.0 Å². The van der Waals surface area contributed by atoms with E-state index >= 15 is 0 Å². The van der Waals surface area contributed by atoms with Crippen LogP contribution in [0.3, 0.4) is 0 Å². The van der Waals surface area contributed by atoms with Gasteiger partial charge in [0.05, 0.1) is 34.5 Å². The van der Waals surface area contributed by atoms with Crippen LogP contribution in [-0.2, 0) is 24.3 Å². The Morgan fingerprint density at radius 1 is 1.28 bits per heavy atom. The highest BCUT2D eigenvalue weighted by molar-refractivity contribution is 7.89. The summed E-state index contributed by atoms with van der Waals surface area (Å²) in [5, 5.41) is 13.5. The molecule has 2 amide bonds. The molecule has 3 rings (SSSR count). The first-order chi connectivity index (χ1) is 15.0. The van der Waals surface area contributed by atoms with Gasteiger partial charge in [-0.3, -0.25) is 19.7 Å². The van der Waals surface area contributed by atoms with Crippen LogP contribution in [0.2, 0.25) is 0 Å². The Morgan fingerprint density at radius 2 is 1.94 bits per heavy atom. The standard InChI is InChI=1S/C19H25FN4O7S/c1-12-9-22(10-13(2)31-12)32(29,30)6-5-21-19(26)14-7-18(25)23(11-14)15-3-4-16(20)17(8-15)24(27)28/h3-4,8,12-14H,5-7,9-11H2,1-2H3,(H,21,26). The molecule has 2 aliphatic rings. The molecule has 176 valence electrons. The molecule has 0 aromatic heterocycles. The van der Waals surface area contributed by atoms with E-state index in [0.29, 0.717) is 0 Å². The zero-order chi connectivity index (χ0) is 23.6. The Balaban J connectivity index is 1.56. The van der Waals surface area contributed by atoms with E-state index in [1.807, 2.05) is 0 Å². The van der Waals surface area contributed by atoms with Gasteiger partial charge in [0, 0.05) is 38.7 Å². The van der Waals surface area contributed by atoms with Gasteiger partial charge in [0.1, 0.15) is 0 Å². The minimum atomic E-state index is -3.59. The van der Waals surface area contributed by atoms with E-state index < -0.39 is 44.2 Å². The van der Waals surface area contributed by atoms with Crippen LogP contribution in [0.1, 0.15) is 20.3 Å². The number of sulfonamides is 1. The number of nitro groups is 1. The summed E-state index contributed by atoms with van der Waals surface area (Å²) in [6, 6.07) is 3.08. The Hall–Kier alpha value is -2.64. The Kier molecular flexibility index (Phi) is 7.10. The third-order valence-corrected chi connectivity index (χ3v) is 7.18. The summed E-state index contributed by atoms with van der Waals surface area (Å²) in [7, 11) is -3.59. The minimum Gasteiger partial charge on any atom is -0.373 e. The van der Waals surface area contributed by atoms with Crippen LogP contribution >= 0.6 is 0 Å². The van der Waals surface area contributed by atoms with Crippen molar-refractivity contribution in [3.05, 3.63) is 34.1 Å². The molecule has 0 saturated carbocycles.